The molecule has 3 nitrogen and oxygen atoms in total. The molecule has 1 unspecified atom stereocenters. The van der Waals surface area contributed by atoms with Crippen molar-refractivity contribution in [2.24, 2.45) is 5.92 Å². The van der Waals surface area contributed by atoms with Crippen LogP contribution in [0.2, 0.25) is 0 Å². The van der Waals surface area contributed by atoms with Crippen molar-refractivity contribution in [1.82, 2.24) is 0 Å². The second kappa shape index (κ2) is 6.74. The fraction of sp³-hybridized carbons (Fsp3) is 0.333. The molecule has 0 aliphatic rings. The second-order valence-electron chi connectivity index (χ2n) is 4.05. The van der Waals surface area contributed by atoms with Crippen LogP contribution in [0.4, 0.5) is 0 Å². The van der Waals surface area contributed by atoms with Crippen molar-refractivity contribution in [3.8, 4) is 0 Å². The fourth-order valence-electron chi connectivity index (χ4n) is 1.70. The number of ketones is 1. The van der Waals surface area contributed by atoms with E-state index in [2.05, 4.69) is 0 Å². The van der Waals surface area contributed by atoms with Gasteiger partial charge < -0.3 is 4.74 Å². The number of carbonyl (C=O) groups excluding carboxylic acids is 2. The molecule has 1 rings (SSSR count). The van der Waals surface area contributed by atoms with Crippen molar-refractivity contribution < 1.29 is 14.3 Å². The van der Waals surface area contributed by atoms with Gasteiger partial charge in [-0.05, 0) is 38.0 Å². The number of allylic oxidation sites excluding steroid dienone is 1. The van der Waals surface area contributed by atoms with Crippen LogP contribution in [0.1, 0.15) is 26.3 Å². The van der Waals surface area contributed by atoms with E-state index in [4.69, 9.17) is 4.74 Å². The molecule has 0 amide bonds. The van der Waals surface area contributed by atoms with Crippen LogP contribution in [0, 0.1) is 5.92 Å². The van der Waals surface area contributed by atoms with E-state index in [0.29, 0.717) is 12.2 Å². The molecule has 18 heavy (non-hydrogen) atoms. The normalized spacial score (nSPS) is 12.9. The maximum Gasteiger partial charge on any atom is 0.313 e. The predicted octanol–water partition coefficient (Wildman–Crippen LogP) is 2.86. The summed E-state index contributed by atoms with van der Waals surface area (Å²) in [5.74, 6) is -0.838. The number of hydrogen-bond acceptors (Lipinski definition) is 3. The number of benzene rings is 1. The third-order valence-electron chi connectivity index (χ3n) is 2.57. The number of ether oxygens (including phenoxy) is 1. The largest absolute Gasteiger partial charge is 0.466 e. The van der Waals surface area contributed by atoms with Crippen LogP contribution in [0.5, 0.6) is 0 Å². The van der Waals surface area contributed by atoms with Gasteiger partial charge in [-0.3, -0.25) is 9.59 Å². The Balaban J connectivity index is 3.08. The van der Waals surface area contributed by atoms with Crippen molar-refractivity contribution in [1.29, 1.82) is 0 Å². The third-order valence-corrected chi connectivity index (χ3v) is 2.57. The Morgan fingerprint density at radius 2 is 1.89 bits per heavy atom. The second-order valence-corrected chi connectivity index (χ2v) is 4.05. The molecule has 1 aromatic rings. The van der Waals surface area contributed by atoms with Gasteiger partial charge in [-0.15, -0.1) is 0 Å². The molecule has 3 heteroatoms. The van der Waals surface area contributed by atoms with E-state index in [9.17, 15) is 9.59 Å². The summed E-state index contributed by atoms with van der Waals surface area (Å²) in [5, 5.41) is 0. The van der Waals surface area contributed by atoms with Crippen LogP contribution in [-0.2, 0) is 14.3 Å². The average Bonchev–Trinajstić information content (AvgIpc) is 2.36. The monoisotopic (exact) mass is 246 g/mol. The highest BCUT2D eigenvalue weighted by atomic mass is 16.5. The molecule has 0 aliphatic carbocycles. The summed E-state index contributed by atoms with van der Waals surface area (Å²) in [5.41, 5.74) is 1.56. The van der Waals surface area contributed by atoms with Crippen molar-refractivity contribution in [2.75, 3.05) is 6.61 Å². The predicted molar refractivity (Wildman–Crippen MR) is 70.9 cm³/mol. The zero-order valence-corrected chi connectivity index (χ0v) is 11.0. The summed E-state index contributed by atoms with van der Waals surface area (Å²) in [6.45, 7) is 5.33. The SMILES string of the molecule is CCOC(=O)C(C)/C(=C/C(C)=O)c1ccccc1. The molecule has 1 aromatic carbocycles. The van der Waals surface area contributed by atoms with E-state index >= 15 is 0 Å². The first kappa shape index (κ1) is 14.2. The van der Waals surface area contributed by atoms with Gasteiger partial charge in [-0.2, -0.15) is 0 Å². The average molecular weight is 246 g/mol. The van der Waals surface area contributed by atoms with Gasteiger partial charge in [0.05, 0.1) is 12.5 Å². The van der Waals surface area contributed by atoms with Gasteiger partial charge in [0.15, 0.2) is 5.78 Å². The molecule has 96 valence electrons. The maximum atomic E-state index is 11.8. The van der Waals surface area contributed by atoms with Gasteiger partial charge in [0, 0.05) is 0 Å². The molecule has 0 bridgehead atoms. The van der Waals surface area contributed by atoms with Crippen LogP contribution in [0.3, 0.4) is 0 Å². The number of rotatable bonds is 5. The zero-order chi connectivity index (χ0) is 13.5. The first-order chi connectivity index (χ1) is 8.56. The highest BCUT2D eigenvalue weighted by molar-refractivity contribution is 5.99. The molecular formula is C15H18O3. The van der Waals surface area contributed by atoms with Crippen molar-refractivity contribution in [3.05, 3.63) is 42.0 Å². The number of carbonyl (C=O) groups is 2. The lowest BCUT2D eigenvalue weighted by Crippen LogP contribution is -2.16. The van der Waals surface area contributed by atoms with Crippen LogP contribution in [0.15, 0.2) is 36.4 Å². The first-order valence-electron chi connectivity index (χ1n) is 6.00. The standard InChI is InChI=1S/C15H18O3/c1-4-18-15(17)12(3)14(10-11(2)16)13-8-6-5-7-9-13/h5-10,12H,4H2,1-3H3/b14-10-. The van der Waals surface area contributed by atoms with Crippen molar-refractivity contribution >= 4 is 17.3 Å². The molecule has 0 aliphatic heterocycles. The number of hydrogen-bond donors (Lipinski definition) is 0. The van der Waals surface area contributed by atoms with E-state index in [1.165, 1.54) is 13.0 Å². The Hall–Kier alpha value is -1.90. The molecule has 0 radical (unpaired) electrons. The van der Waals surface area contributed by atoms with E-state index in [1.807, 2.05) is 30.3 Å². The summed E-state index contributed by atoms with van der Waals surface area (Å²) in [4.78, 5) is 23.0. The van der Waals surface area contributed by atoms with Crippen molar-refractivity contribution in [2.45, 2.75) is 20.8 Å². The molecule has 1 atom stereocenters. The maximum absolute atomic E-state index is 11.8. The molecule has 0 saturated heterocycles. The van der Waals surface area contributed by atoms with Gasteiger partial charge in [0.1, 0.15) is 0 Å². The lowest BCUT2D eigenvalue weighted by Gasteiger charge is -2.14. The van der Waals surface area contributed by atoms with Crippen LogP contribution < -0.4 is 0 Å². The lowest BCUT2D eigenvalue weighted by atomic mass is 9.93. The highest BCUT2D eigenvalue weighted by Gasteiger charge is 2.20. The van der Waals surface area contributed by atoms with E-state index in [-0.39, 0.29) is 11.8 Å². The van der Waals surface area contributed by atoms with Crippen LogP contribution in [-0.4, -0.2) is 18.4 Å². The summed E-state index contributed by atoms with van der Waals surface area (Å²) in [7, 11) is 0. The molecule has 0 spiro atoms. The molecular weight excluding hydrogens is 228 g/mol. The Kier molecular flexibility index (Phi) is 5.31. The Labute approximate surface area is 107 Å². The van der Waals surface area contributed by atoms with E-state index in [0.717, 1.165) is 5.56 Å². The quantitative estimate of drug-likeness (QED) is 0.592. The van der Waals surface area contributed by atoms with Crippen LogP contribution >= 0.6 is 0 Å². The molecule has 0 heterocycles. The smallest absolute Gasteiger partial charge is 0.313 e. The van der Waals surface area contributed by atoms with Gasteiger partial charge in [0.25, 0.3) is 0 Å². The summed E-state index contributed by atoms with van der Waals surface area (Å²) >= 11 is 0. The third kappa shape index (κ3) is 3.84. The van der Waals surface area contributed by atoms with Crippen molar-refractivity contribution in [3.63, 3.8) is 0 Å². The minimum absolute atomic E-state index is 0.0787. The Morgan fingerprint density at radius 3 is 2.39 bits per heavy atom. The number of esters is 1. The zero-order valence-electron chi connectivity index (χ0n) is 11.0. The van der Waals surface area contributed by atoms with Gasteiger partial charge >= 0.3 is 5.97 Å². The summed E-state index contributed by atoms with van der Waals surface area (Å²) < 4.78 is 5.00. The minimum Gasteiger partial charge on any atom is -0.466 e. The first-order valence-corrected chi connectivity index (χ1v) is 6.00. The fourth-order valence-corrected chi connectivity index (χ4v) is 1.70. The topological polar surface area (TPSA) is 43.4 Å². The summed E-state index contributed by atoms with van der Waals surface area (Å²) in [6.07, 6.45) is 1.50. The Bertz CT molecular complexity index is 446. The Morgan fingerprint density at radius 1 is 1.28 bits per heavy atom. The van der Waals surface area contributed by atoms with E-state index in [1.54, 1.807) is 13.8 Å². The van der Waals surface area contributed by atoms with Gasteiger partial charge in [-0.25, -0.2) is 0 Å². The highest BCUT2D eigenvalue weighted by Crippen LogP contribution is 2.24. The minimum atomic E-state index is -0.448. The van der Waals surface area contributed by atoms with Gasteiger partial charge in [0.2, 0.25) is 0 Å². The van der Waals surface area contributed by atoms with Crippen LogP contribution in [0.25, 0.3) is 5.57 Å². The molecule has 0 aromatic heterocycles. The molecule has 0 saturated carbocycles. The van der Waals surface area contributed by atoms with Gasteiger partial charge in [-0.1, -0.05) is 30.3 Å². The lowest BCUT2D eigenvalue weighted by molar-refractivity contribution is -0.145. The molecule has 0 fully saturated rings. The van der Waals surface area contributed by atoms with E-state index < -0.39 is 5.92 Å². The summed E-state index contributed by atoms with van der Waals surface area (Å²) in [6, 6.07) is 9.40. The molecule has 0 N–H and O–H groups in total.